The van der Waals surface area contributed by atoms with Gasteiger partial charge in [0.15, 0.2) is 0 Å². The van der Waals surface area contributed by atoms with Gasteiger partial charge in [-0.25, -0.2) is 4.68 Å². The minimum atomic E-state index is -0.0754. The maximum atomic E-state index is 12.3. The molecule has 0 aliphatic heterocycles. The number of carbonyl (C=O) groups excluding carboxylic acids is 1. The molecule has 1 aromatic heterocycles. The van der Waals surface area contributed by atoms with Gasteiger partial charge in [-0.3, -0.25) is 4.79 Å². The van der Waals surface area contributed by atoms with Crippen LogP contribution in [0.4, 0.5) is 11.4 Å². The van der Waals surface area contributed by atoms with Crippen LogP contribution in [0.3, 0.4) is 0 Å². The number of nitrogens with zero attached hydrogens (tertiary/aromatic N) is 4. The Kier molecular flexibility index (Phi) is 5.03. The van der Waals surface area contributed by atoms with Crippen LogP contribution in [0.15, 0.2) is 48.8 Å². The van der Waals surface area contributed by atoms with Crippen molar-refractivity contribution >= 4 is 17.3 Å². The Morgan fingerprint density at radius 3 is 2.64 bits per heavy atom. The molecule has 0 fully saturated rings. The summed E-state index contributed by atoms with van der Waals surface area (Å²) in [6.07, 6.45) is 2.41. The van der Waals surface area contributed by atoms with Gasteiger partial charge in [-0.2, -0.15) is 0 Å². The Morgan fingerprint density at radius 1 is 1.16 bits per heavy atom. The van der Waals surface area contributed by atoms with Crippen LogP contribution in [-0.4, -0.2) is 32.7 Å². The normalized spacial score (nSPS) is 10.5. The summed E-state index contributed by atoms with van der Waals surface area (Å²) in [4.78, 5) is 12.3. The largest absolute Gasteiger partial charge is 0.376 e. The molecule has 1 amide bonds. The van der Waals surface area contributed by atoms with E-state index >= 15 is 0 Å². The topological polar surface area (TPSA) is 84.7 Å². The highest BCUT2D eigenvalue weighted by atomic mass is 16.1. The third-order valence-corrected chi connectivity index (χ3v) is 3.94. The third kappa shape index (κ3) is 4.00. The van der Waals surface area contributed by atoms with Crippen molar-refractivity contribution in [3.8, 4) is 5.69 Å². The van der Waals surface area contributed by atoms with E-state index in [1.807, 2.05) is 49.4 Å². The van der Waals surface area contributed by atoms with Crippen molar-refractivity contribution in [3.05, 3.63) is 59.9 Å². The molecular weight excluding hydrogens is 316 g/mol. The van der Waals surface area contributed by atoms with Crippen LogP contribution in [0, 0.1) is 6.92 Å². The number of tetrazole rings is 1. The van der Waals surface area contributed by atoms with E-state index in [1.54, 1.807) is 4.68 Å². The molecule has 1 heterocycles. The van der Waals surface area contributed by atoms with Gasteiger partial charge in [-0.1, -0.05) is 25.1 Å². The molecule has 0 unspecified atom stereocenters. The number of carbonyl (C=O) groups is 1. The van der Waals surface area contributed by atoms with E-state index in [2.05, 4.69) is 33.1 Å². The molecule has 3 aromatic rings. The summed E-state index contributed by atoms with van der Waals surface area (Å²) in [6, 6.07) is 13.6. The Bertz CT molecular complexity index is 843. The van der Waals surface area contributed by atoms with Gasteiger partial charge in [0.1, 0.15) is 6.33 Å². The first-order valence-corrected chi connectivity index (χ1v) is 8.13. The summed E-state index contributed by atoms with van der Waals surface area (Å²) in [7, 11) is 0. The summed E-state index contributed by atoms with van der Waals surface area (Å²) in [5.41, 5.74) is 4.82. The fourth-order valence-electron chi connectivity index (χ4n) is 2.58. The van der Waals surface area contributed by atoms with Gasteiger partial charge in [0.25, 0.3) is 0 Å². The van der Waals surface area contributed by atoms with E-state index in [1.165, 1.54) is 6.33 Å². The monoisotopic (exact) mass is 336 g/mol. The molecule has 0 radical (unpaired) electrons. The third-order valence-electron chi connectivity index (χ3n) is 3.94. The lowest BCUT2D eigenvalue weighted by molar-refractivity contribution is -0.114. The van der Waals surface area contributed by atoms with E-state index in [4.69, 9.17) is 0 Å². The van der Waals surface area contributed by atoms with Crippen LogP contribution in [0.25, 0.3) is 5.69 Å². The maximum Gasteiger partial charge on any atom is 0.243 e. The molecule has 7 nitrogen and oxygen atoms in total. The molecule has 2 aromatic carbocycles. The van der Waals surface area contributed by atoms with Crippen molar-refractivity contribution < 1.29 is 4.79 Å². The van der Waals surface area contributed by atoms with E-state index in [0.717, 1.165) is 34.6 Å². The van der Waals surface area contributed by atoms with Crippen molar-refractivity contribution in [1.82, 2.24) is 20.2 Å². The molecule has 0 bridgehead atoms. The SMILES string of the molecule is CCc1cccc(C)c1NC(=O)CNc1ccc(-n2cnnn2)cc1. The lowest BCUT2D eigenvalue weighted by Gasteiger charge is -2.13. The number of aryl methyl sites for hydroxylation is 2. The van der Waals surface area contributed by atoms with Gasteiger partial charge < -0.3 is 10.6 Å². The van der Waals surface area contributed by atoms with Crippen LogP contribution in [-0.2, 0) is 11.2 Å². The van der Waals surface area contributed by atoms with Crippen molar-refractivity contribution in [1.29, 1.82) is 0 Å². The number of hydrogen-bond donors (Lipinski definition) is 2. The van der Waals surface area contributed by atoms with Crippen LogP contribution in [0.1, 0.15) is 18.1 Å². The zero-order valence-electron chi connectivity index (χ0n) is 14.2. The number of amides is 1. The highest BCUT2D eigenvalue weighted by molar-refractivity contribution is 5.95. The summed E-state index contributed by atoms with van der Waals surface area (Å²) in [5, 5.41) is 17.2. The second-order valence-corrected chi connectivity index (χ2v) is 5.67. The minimum Gasteiger partial charge on any atom is -0.376 e. The molecule has 7 heteroatoms. The Hall–Kier alpha value is -3.22. The summed E-state index contributed by atoms with van der Waals surface area (Å²) >= 11 is 0. The molecule has 0 saturated heterocycles. The van der Waals surface area contributed by atoms with Gasteiger partial charge in [0, 0.05) is 11.4 Å². The second-order valence-electron chi connectivity index (χ2n) is 5.67. The molecule has 0 aliphatic rings. The zero-order valence-corrected chi connectivity index (χ0v) is 14.2. The van der Waals surface area contributed by atoms with Crippen molar-refractivity contribution in [2.45, 2.75) is 20.3 Å². The smallest absolute Gasteiger partial charge is 0.243 e. The maximum absolute atomic E-state index is 12.3. The standard InChI is InChI=1S/C18H20N6O/c1-3-14-6-4-5-13(2)18(14)21-17(25)11-19-15-7-9-16(10-8-15)24-12-20-22-23-24/h4-10,12,19H,3,11H2,1-2H3,(H,21,25). The average Bonchev–Trinajstić information content (AvgIpc) is 3.17. The molecule has 25 heavy (non-hydrogen) atoms. The van der Waals surface area contributed by atoms with Gasteiger partial charge in [0.2, 0.25) is 5.91 Å². The number of aromatic nitrogens is 4. The molecule has 0 spiro atoms. The van der Waals surface area contributed by atoms with E-state index in [9.17, 15) is 4.79 Å². The fourth-order valence-corrected chi connectivity index (χ4v) is 2.58. The first kappa shape index (κ1) is 16.6. The van der Waals surface area contributed by atoms with Crippen LogP contribution in [0.5, 0.6) is 0 Å². The number of nitrogens with one attached hydrogen (secondary N) is 2. The molecule has 0 atom stereocenters. The summed E-state index contributed by atoms with van der Waals surface area (Å²) in [6.45, 7) is 4.27. The first-order valence-electron chi connectivity index (χ1n) is 8.13. The highest BCUT2D eigenvalue weighted by Gasteiger charge is 2.08. The van der Waals surface area contributed by atoms with Crippen LogP contribution >= 0.6 is 0 Å². The number of anilines is 2. The number of para-hydroxylation sites is 1. The van der Waals surface area contributed by atoms with Gasteiger partial charge in [-0.05, 0) is 59.2 Å². The number of benzene rings is 2. The van der Waals surface area contributed by atoms with E-state index < -0.39 is 0 Å². The number of hydrogen-bond acceptors (Lipinski definition) is 5. The van der Waals surface area contributed by atoms with E-state index in [-0.39, 0.29) is 12.5 Å². The fraction of sp³-hybridized carbons (Fsp3) is 0.222. The Labute approximate surface area is 146 Å². The van der Waals surface area contributed by atoms with Crippen LogP contribution < -0.4 is 10.6 Å². The predicted molar refractivity (Wildman–Crippen MR) is 96.8 cm³/mol. The second kappa shape index (κ2) is 7.57. The van der Waals surface area contributed by atoms with Crippen LogP contribution in [0.2, 0.25) is 0 Å². The quantitative estimate of drug-likeness (QED) is 0.723. The van der Waals surface area contributed by atoms with Crippen molar-refractivity contribution in [2.75, 3.05) is 17.2 Å². The molecule has 0 aliphatic carbocycles. The zero-order chi connectivity index (χ0) is 17.6. The van der Waals surface area contributed by atoms with E-state index in [0.29, 0.717) is 0 Å². The molecule has 2 N–H and O–H groups in total. The molecule has 3 rings (SSSR count). The Balaban J connectivity index is 1.59. The van der Waals surface area contributed by atoms with Gasteiger partial charge in [-0.15, -0.1) is 5.10 Å². The molecule has 0 saturated carbocycles. The number of rotatable bonds is 6. The molecule has 128 valence electrons. The van der Waals surface area contributed by atoms with Gasteiger partial charge >= 0.3 is 0 Å². The first-order chi connectivity index (χ1) is 12.2. The average molecular weight is 336 g/mol. The lowest BCUT2D eigenvalue weighted by Crippen LogP contribution is -2.22. The lowest BCUT2D eigenvalue weighted by atomic mass is 10.1. The van der Waals surface area contributed by atoms with Gasteiger partial charge in [0.05, 0.1) is 12.2 Å². The molecular formula is C18H20N6O. The Morgan fingerprint density at radius 2 is 1.96 bits per heavy atom. The predicted octanol–water partition coefficient (Wildman–Crippen LogP) is 2.58. The highest BCUT2D eigenvalue weighted by Crippen LogP contribution is 2.21. The minimum absolute atomic E-state index is 0.0754. The van der Waals surface area contributed by atoms with Crippen molar-refractivity contribution in [2.24, 2.45) is 0 Å². The summed E-state index contributed by atoms with van der Waals surface area (Å²) < 4.78 is 1.57. The van der Waals surface area contributed by atoms with Crippen molar-refractivity contribution in [3.63, 3.8) is 0 Å². The summed E-state index contributed by atoms with van der Waals surface area (Å²) in [5.74, 6) is -0.0754.